The van der Waals surface area contributed by atoms with E-state index in [1.165, 1.54) is 25.3 Å². The lowest BCUT2D eigenvalue weighted by Crippen LogP contribution is -2.44. The maximum absolute atomic E-state index is 11.4. The summed E-state index contributed by atoms with van der Waals surface area (Å²) < 4.78 is 33.0. The molecule has 0 fully saturated rings. The summed E-state index contributed by atoms with van der Waals surface area (Å²) in [5.41, 5.74) is 1.95. The Labute approximate surface area is 111 Å². The fourth-order valence-corrected chi connectivity index (χ4v) is 2.01. The second-order valence-electron chi connectivity index (χ2n) is 3.82. The van der Waals surface area contributed by atoms with E-state index in [9.17, 15) is 13.2 Å². The molecule has 0 aliphatic rings. The first-order valence-corrected chi connectivity index (χ1v) is 7.23. The number of rotatable bonds is 6. The smallest absolute Gasteiger partial charge is 0.277 e. The fourth-order valence-electron chi connectivity index (χ4n) is 1.35. The van der Waals surface area contributed by atoms with E-state index in [0.29, 0.717) is 0 Å². The van der Waals surface area contributed by atoms with Gasteiger partial charge in [-0.2, -0.15) is 0 Å². The molecule has 7 nitrogen and oxygen atoms in total. The van der Waals surface area contributed by atoms with Crippen LogP contribution in [0.5, 0.6) is 5.75 Å². The van der Waals surface area contributed by atoms with Gasteiger partial charge in [-0.1, -0.05) is 6.07 Å². The lowest BCUT2D eigenvalue weighted by molar-refractivity contribution is -0.130. The molecule has 1 atom stereocenters. The van der Waals surface area contributed by atoms with Crippen LogP contribution in [0, 0.1) is 0 Å². The molecule has 0 spiro atoms. The SMILES string of the molecule is COCC(Oc1cccc(S(C)(=O)=O)c1)C(=O)NN. The number of ether oxygens (including phenoxy) is 2. The molecule has 8 heteroatoms. The van der Waals surface area contributed by atoms with Gasteiger partial charge < -0.3 is 9.47 Å². The summed E-state index contributed by atoms with van der Waals surface area (Å²) in [6.45, 7) is -0.00780. The minimum atomic E-state index is -3.34. The topological polar surface area (TPSA) is 108 Å². The molecule has 1 aromatic rings. The molecule has 0 aromatic heterocycles. The number of nitrogens with one attached hydrogen (secondary N) is 1. The lowest BCUT2D eigenvalue weighted by Gasteiger charge is -2.16. The van der Waals surface area contributed by atoms with Crippen molar-refractivity contribution < 1.29 is 22.7 Å². The standard InChI is InChI=1S/C11H16N2O5S/c1-17-7-10(11(14)13-12)18-8-4-3-5-9(6-8)19(2,15)16/h3-6,10H,7,12H2,1-2H3,(H,13,14). The van der Waals surface area contributed by atoms with Crippen molar-refractivity contribution in [3.63, 3.8) is 0 Å². The van der Waals surface area contributed by atoms with Crippen LogP contribution < -0.4 is 16.0 Å². The quantitative estimate of drug-likeness (QED) is 0.414. The Bertz CT molecular complexity index is 544. The van der Waals surface area contributed by atoms with Crippen molar-refractivity contribution in [2.75, 3.05) is 20.0 Å². The van der Waals surface area contributed by atoms with Crippen molar-refractivity contribution in [2.24, 2.45) is 5.84 Å². The minimum Gasteiger partial charge on any atom is -0.478 e. The van der Waals surface area contributed by atoms with Crippen LogP contribution in [0.25, 0.3) is 0 Å². The zero-order valence-corrected chi connectivity index (χ0v) is 11.4. The second kappa shape index (κ2) is 6.50. The van der Waals surface area contributed by atoms with Crippen LogP contribution in [-0.4, -0.2) is 40.4 Å². The van der Waals surface area contributed by atoms with Crippen molar-refractivity contribution in [2.45, 2.75) is 11.0 Å². The second-order valence-corrected chi connectivity index (χ2v) is 5.83. The molecule has 1 unspecified atom stereocenters. The van der Waals surface area contributed by atoms with Crippen LogP contribution in [0.4, 0.5) is 0 Å². The van der Waals surface area contributed by atoms with Crippen LogP contribution in [0.1, 0.15) is 0 Å². The number of nitrogens with two attached hydrogens (primary N) is 1. The zero-order chi connectivity index (χ0) is 14.5. The van der Waals surface area contributed by atoms with E-state index in [1.807, 2.05) is 5.43 Å². The van der Waals surface area contributed by atoms with E-state index < -0.39 is 21.8 Å². The molecule has 19 heavy (non-hydrogen) atoms. The van der Waals surface area contributed by atoms with Gasteiger partial charge in [-0.3, -0.25) is 10.2 Å². The number of hydrogen-bond donors (Lipinski definition) is 2. The first kappa shape index (κ1) is 15.4. The fraction of sp³-hybridized carbons (Fsp3) is 0.364. The Kier molecular flexibility index (Phi) is 5.28. The van der Waals surface area contributed by atoms with Gasteiger partial charge in [0.1, 0.15) is 5.75 Å². The molecule has 3 N–H and O–H groups in total. The Balaban J connectivity index is 2.94. The van der Waals surface area contributed by atoms with Crippen LogP contribution in [0.15, 0.2) is 29.2 Å². The number of sulfone groups is 1. The highest BCUT2D eigenvalue weighted by molar-refractivity contribution is 7.90. The molecule has 106 valence electrons. The number of hydrogen-bond acceptors (Lipinski definition) is 6. The largest absolute Gasteiger partial charge is 0.478 e. The van der Waals surface area contributed by atoms with Gasteiger partial charge in [-0.25, -0.2) is 14.3 Å². The van der Waals surface area contributed by atoms with Crippen LogP contribution in [0.2, 0.25) is 0 Å². The predicted molar refractivity (Wildman–Crippen MR) is 68.2 cm³/mol. The summed E-state index contributed by atoms with van der Waals surface area (Å²) in [5, 5.41) is 0. The Hall–Kier alpha value is -1.64. The monoisotopic (exact) mass is 288 g/mol. The summed E-state index contributed by atoms with van der Waals surface area (Å²) in [5.74, 6) is 4.71. The molecular formula is C11H16N2O5S. The molecule has 0 aliphatic carbocycles. The number of amides is 1. The highest BCUT2D eigenvalue weighted by atomic mass is 32.2. The van der Waals surface area contributed by atoms with Crippen molar-refractivity contribution in [3.05, 3.63) is 24.3 Å². The van der Waals surface area contributed by atoms with E-state index in [1.54, 1.807) is 6.07 Å². The zero-order valence-electron chi connectivity index (χ0n) is 10.6. The Morgan fingerprint density at radius 1 is 1.47 bits per heavy atom. The number of carbonyl (C=O) groups is 1. The Morgan fingerprint density at radius 3 is 2.68 bits per heavy atom. The normalized spacial score (nSPS) is 12.8. The van der Waals surface area contributed by atoms with Gasteiger partial charge in [0.15, 0.2) is 9.84 Å². The third kappa shape index (κ3) is 4.51. The molecule has 0 heterocycles. The average molecular weight is 288 g/mol. The summed E-state index contributed by atoms with van der Waals surface area (Å²) in [7, 11) is -1.93. The highest BCUT2D eigenvalue weighted by Crippen LogP contribution is 2.18. The van der Waals surface area contributed by atoms with E-state index in [-0.39, 0.29) is 17.3 Å². The first-order valence-electron chi connectivity index (χ1n) is 5.34. The van der Waals surface area contributed by atoms with Crippen molar-refractivity contribution in [1.29, 1.82) is 0 Å². The third-order valence-corrected chi connectivity index (χ3v) is 3.37. The Morgan fingerprint density at radius 2 is 2.16 bits per heavy atom. The van der Waals surface area contributed by atoms with Crippen molar-refractivity contribution in [1.82, 2.24) is 5.43 Å². The van der Waals surface area contributed by atoms with Crippen molar-refractivity contribution >= 4 is 15.7 Å². The van der Waals surface area contributed by atoms with Crippen LogP contribution in [-0.2, 0) is 19.4 Å². The molecule has 1 aromatic carbocycles. The lowest BCUT2D eigenvalue weighted by atomic mass is 10.3. The summed E-state index contributed by atoms with van der Waals surface area (Å²) in [4.78, 5) is 11.5. The summed E-state index contributed by atoms with van der Waals surface area (Å²) >= 11 is 0. The van der Waals surface area contributed by atoms with E-state index in [0.717, 1.165) is 6.26 Å². The molecule has 0 saturated heterocycles. The molecule has 0 radical (unpaired) electrons. The molecule has 1 amide bonds. The van der Waals surface area contributed by atoms with Gasteiger partial charge >= 0.3 is 0 Å². The van der Waals surface area contributed by atoms with Crippen LogP contribution >= 0.6 is 0 Å². The highest BCUT2D eigenvalue weighted by Gasteiger charge is 2.20. The third-order valence-electron chi connectivity index (χ3n) is 2.26. The number of hydrazine groups is 1. The van der Waals surface area contributed by atoms with Crippen molar-refractivity contribution in [3.8, 4) is 5.75 Å². The predicted octanol–water partition coefficient (Wildman–Crippen LogP) is -0.526. The molecule has 0 aliphatic heterocycles. The number of benzene rings is 1. The maximum atomic E-state index is 11.4. The van der Waals surface area contributed by atoms with Gasteiger partial charge in [-0.15, -0.1) is 0 Å². The molecule has 0 bridgehead atoms. The summed E-state index contributed by atoms with van der Waals surface area (Å²) in [6.07, 6.45) is 0.135. The van der Waals surface area contributed by atoms with E-state index in [4.69, 9.17) is 15.3 Å². The van der Waals surface area contributed by atoms with E-state index >= 15 is 0 Å². The van der Waals surface area contributed by atoms with Gasteiger partial charge in [0, 0.05) is 13.4 Å². The minimum absolute atomic E-state index is 0.00780. The van der Waals surface area contributed by atoms with E-state index in [2.05, 4.69) is 0 Å². The van der Waals surface area contributed by atoms with Gasteiger partial charge in [0.2, 0.25) is 6.10 Å². The van der Waals surface area contributed by atoms with Gasteiger partial charge in [0.25, 0.3) is 5.91 Å². The van der Waals surface area contributed by atoms with Gasteiger partial charge in [-0.05, 0) is 18.2 Å². The van der Waals surface area contributed by atoms with Crippen LogP contribution in [0.3, 0.4) is 0 Å². The average Bonchev–Trinajstić information content (AvgIpc) is 2.36. The maximum Gasteiger partial charge on any atom is 0.277 e. The number of carbonyl (C=O) groups excluding carboxylic acids is 1. The molecule has 0 saturated carbocycles. The molecule has 1 rings (SSSR count). The van der Waals surface area contributed by atoms with Gasteiger partial charge in [0.05, 0.1) is 11.5 Å². The molecular weight excluding hydrogens is 272 g/mol. The first-order chi connectivity index (χ1) is 8.88. The number of methoxy groups -OCH3 is 1. The summed E-state index contributed by atoms with van der Waals surface area (Å²) in [6, 6.07) is 5.84.